The van der Waals surface area contributed by atoms with E-state index in [0.717, 1.165) is 49.3 Å². The van der Waals surface area contributed by atoms with Crippen molar-refractivity contribution in [1.29, 1.82) is 0 Å². The van der Waals surface area contributed by atoms with Gasteiger partial charge in [-0.1, -0.05) is 6.07 Å². The predicted molar refractivity (Wildman–Crippen MR) is 96.2 cm³/mol. The summed E-state index contributed by atoms with van der Waals surface area (Å²) in [7, 11) is 0. The first-order valence-corrected chi connectivity index (χ1v) is 7.93. The topological polar surface area (TPSA) is 70.2 Å². The van der Waals surface area contributed by atoms with Crippen molar-refractivity contribution in [3.8, 4) is 0 Å². The van der Waals surface area contributed by atoms with Crippen LogP contribution in [0.4, 0.5) is 11.4 Å². The zero-order valence-electron chi connectivity index (χ0n) is 13.8. The maximum absolute atomic E-state index is 12.1. The predicted octanol–water partition coefficient (Wildman–Crippen LogP) is 3.09. The third kappa shape index (κ3) is 6.59. The van der Waals surface area contributed by atoms with Gasteiger partial charge in [0, 0.05) is 24.7 Å². The van der Waals surface area contributed by atoms with Gasteiger partial charge in [0.1, 0.15) is 0 Å². The Kier molecular flexibility index (Phi) is 8.06. The molecule has 1 aliphatic rings. The Morgan fingerprint density at radius 1 is 1.22 bits per heavy atom. The number of aryl methyl sites for hydroxylation is 1. The van der Waals surface area contributed by atoms with Crippen LogP contribution >= 0.6 is 12.4 Å². The van der Waals surface area contributed by atoms with Crippen LogP contribution in [0.5, 0.6) is 0 Å². The molecule has 0 atom stereocenters. The number of nitrogens with one attached hydrogen (secondary N) is 3. The first kappa shape index (κ1) is 19.5. The van der Waals surface area contributed by atoms with Gasteiger partial charge in [0.2, 0.25) is 11.8 Å². The van der Waals surface area contributed by atoms with Crippen LogP contribution in [0.3, 0.4) is 0 Å². The fraction of sp³-hybridized carbons (Fsp3) is 0.529. The largest absolute Gasteiger partial charge is 0.326 e. The maximum atomic E-state index is 12.1. The Morgan fingerprint density at radius 2 is 1.91 bits per heavy atom. The van der Waals surface area contributed by atoms with Gasteiger partial charge in [-0.05, 0) is 62.9 Å². The van der Waals surface area contributed by atoms with Gasteiger partial charge in [0.05, 0.1) is 0 Å². The Hall–Kier alpha value is -1.59. The molecule has 0 aliphatic carbocycles. The molecule has 1 saturated heterocycles. The molecule has 0 radical (unpaired) electrons. The number of piperidine rings is 1. The van der Waals surface area contributed by atoms with Gasteiger partial charge in [-0.15, -0.1) is 12.4 Å². The van der Waals surface area contributed by atoms with Crippen LogP contribution in [0.2, 0.25) is 0 Å². The Balaban J connectivity index is 0.00000264. The number of benzene rings is 1. The molecule has 5 nitrogen and oxygen atoms in total. The van der Waals surface area contributed by atoms with Crippen LogP contribution in [-0.2, 0) is 9.59 Å². The molecule has 2 rings (SSSR count). The molecule has 3 N–H and O–H groups in total. The van der Waals surface area contributed by atoms with Gasteiger partial charge >= 0.3 is 0 Å². The molecule has 1 heterocycles. The molecule has 0 saturated carbocycles. The molecular formula is C17H26ClN3O2. The highest BCUT2D eigenvalue weighted by Gasteiger charge is 2.14. The number of hydrogen-bond acceptors (Lipinski definition) is 3. The number of carbonyl (C=O) groups excluding carboxylic acids is 2. The van der Waals surface area contributed by atoms with Crippen LogP contribution in [0, 0.1) is 12.8 Å². The SMILES string of the molecule is CC(=O)Nc1cc(NC(=O)CCC2CCNCC2)ccc1C.Cl. The highest BCUT2D eigenvalue weighted by Crippen LogP contribution is 2.22. The van der Waals surface area contributed by atoms with Crippen molar-refractivity contribution in [3.63, 3.8) is 0 Å². The van der Waals surface area contributed by atoms with E-state index in [2.05, 4.69) is 16.0 Å². The minimum atomic E-state index is -0.113. The van der Waals surface area contributed by atoms with Crippen LogP contribution < -0.4 is 16.0 Å². The third-order valence-corrected chi connectivity index (χ3v) is 4.07. The standard InChI is InChI=1S/C17H25N3O2.ClH/c1-12-3-5-15(11-16(12)19-13(2)21)20-17(22)6-4-14-7-9-18-10-8-14;/h3,5,11,14,18H,4,6-10H2,1-2H3,(H,19,21)(H,20,22);1H. The second-order valence-corrected chi connectivity index (χ2v) is 5.99. The zero-order chi connectivity index (χ0) is 15.9. The minimum Gasteiger partial charge on any atom is -0.326 e. The van der Waals surface area contributed by atoms with Crippen molar-refractivity contribution in [2.45, 2.75) is 39.5 Å². The van der Waals surface area contributed by atoms with Crippen molar-refractivity contribution < 1.29 is 9.59 Å². The van der Waals surface area contributed by atoms with Crippen molar-refractivity contribution >= 4 is 35.6 Å². The second kappa shape index (κ2) is 9.53. The Morgan fingerprint density at radius 3 is 2.57 bits per heavy atom. The lowest BCUT2D eigenvalue weighted by atomic mass is 9.93. The Labute approximate surface area is 144 Å². The third-order valence-electron chi connectivity index (χ3n) is 4.07. The molecule has 1 aliphatic heterocycles. The van der Waals surface area contributed by atoms with Crippen LogP contribution in [0.1, 0.15) is 38.2 Å². The monoisotopic (exact) mass is 339 g/mol. The molecule has 0 unspecified atom stereocenters. The number of halogens is 1. The quantitative estimate of drug-likeness (QED) is 0.772. The molecule has 0 spiro atoms. The summed E-state index contributed by atoms with van der Waals surface area (Å²) in [4.78, 5) is 23.2. The fourth-order valence-corrected chi connectivity index (χ4v) is 2.75. The van der Waals surface area contributed by atoms with Gasteiger partial charge in [-0.2, -0.15) is 0 Å². The van der Waals surface area contributed by atoms with Crippen LogP contribution in [-0.4, -0.2) is 24.9 Å². The number of amides is 2. The summed E-state index contributed by atoms with van der Waals surface area (Å²) in [5.74, 6) is 0.577. The van der Waals surface area contributed by atoms with E-state index in [1.54, 1.807) is 6.07 Å². The smallest absolute Gasteiger partial charge is 0.224 e. The van der Waals surface area contributed by atoms with E-state index >= 15 is 0 Å². The molecule has 1 fully saturated rings. The fourth-order valence-electron chi connectivity index (χ4n) is 2.75. The molecule has 2 amide bonds. The van der Waals surface area contributed by atoms with E-state index in [9.17, 15) is 9.59 Å². The van der Waals surface area contributed by atoms with Crippen molar-refractivity contribution in [1.82, 2.24) is 5.32 Å². The van der Waals surface area contributed by atoms with Gasteiger partial charge in [0.15, 0.2) is 0 Å². The number of anilines is 2. The summed E-state index contributed by atoms with van der Waals surface area (Å²) in [5, 5.41) is 9.02. The lowest BCUT2D eigenvalue weighted by molar-refractivity contribution is -0.116. The molecule has 1 aromatic rings. The van der Waals surface area contributed by atoms with Crippen LogP contribution in [0.15, 0.2) is 18.2 Å². The van der Waals surface area contributed by atoms with Gasteiger partial charge < -0.3 is 16.0 Å². The highest BCUT2D eigenvalue weighted by atomic mass is 35.5. The lowest BCUT2D eigenvalue weighted by Gasteiger charge is -2.22. The van der Waals surface area contributed by atoms with Crippen molar-refractivity contribution in [2.75, 3.05) is 23.7 Å². The lowest BCUT2D eigenvalue weighted by Crippen LogP contribution is -2.28. The van der Waals surface area contributed by atoms with Gasteiger partial charge in [-0.3, -0.25) is 9.59 Å². The summed E-state index contributed by atoms with van der Waals surface area (Å²) in [6, 6.07) is 5.57. The molecule has 0 bridgehead atoms. The van der Waals surface area contributed by atoms with E-state index in [4.69, 9.17) is 0 Å². The second-order valence-electron chi connectivity index (χ2n) is 5.99. The van der Waals surface area contributed by atoms with Crippen molar-refractivity contribution in [3.05, 3.63) is 23.8 Å². The van der Waals surface area contributed by atoms with Crippen molar-refractivity contribution in [2.24, 2.45) is 5.92 Å². The first-order chi connectivity index (χ1) is 10.5. The Bertz CT molecular complexity index is 543. The maximum Gasteiger partial charge on any atom is 0.224 e. The van der Waals surface area contributed by atoms with E-state index in [1.807, 2.05) is 19.1 Å². The van der Waals surface area contributed by atoms with Gasteiger partial charge in [-0.25, -0.2) is 0 Å². The molecule has 128 valence electrons. The van der Waals surface area contributed by atoms with E-state index in [-0.39, 0.29) is 24.2 Å². The molecule has 6 heteroatoms. The molecule has 0 aromatic heterocycles. The summed E-state index contributed by atoms with van der Waals surface area (Å²) in [6.45, 7) is 5.52. The first-order valence-electron chi connectivity index (χ1n) is 7.93. The average Bonchev–Trinajstić information content (AvgIpc) is 2.49. The van der Waals surface area contributed by atoms with Gasteiger partial charge in [0.25, 0.3) is 0 Å². The summed E-state index contributed by atoms with van der Waals surface area (Å²) < 4.78 is 0. The molecule has 1 aromatic carbocycles. The summed E-state index contributed by atoms with van der Waals surface area (Å²) in [5.41, 5.74) is 2.44. The number of carbonyl (C=O) groups is 2. The number of hydrogen-bond donors (Lipinski definition) is 3. The highest BCUT2D eigenvalue weighted by molar-refractivity contribution is 5.93. The van der Waals surface area contributed by atoms with Crippen LogP contribution in [0.25, 0.3) is 0 Å². The summed E-state index contributed by atoms with van der Waals surface area (Å²) >= 11 is 0. The van der Waals surface area contributed by atoms with E-state index in [1.165, 1.54) is 6.92 Å². The normalized spacial score (nSPS) is 14.7. The molecular weight excluding hydrogens is 314 g/mol. The summed E-state index contributed by atoms with van der Waals surface area (Å²) in [6.07, 6.45) is 3.81. The van der Waals surface area contributed by atoms with E-state index in [0.29, 0.717) is 12.3 Å². The zero-order valence-corrected chi connectivity index (χ0v) is 14.6. The number of rotatable bonds is 5. The molecule has 23 heavy (non-hydrogen) atoms. The van der Waals surface area contributed by atoms with E-state index < -0.39 is 0 Å². The average molecular weight is 340 g/mol. The minimum absolute atomic E-state index is 0.